The van der Waals surface area contributed by atoms with Crippen molar-refractivity contribution >= 4 is 45.4 Å². The third-order valence-corrected chi connectivity index (χ3v) is 8.61. The quantitative estimate of drug-likeness (QED) is 0.197. The SMILES string of the molecule is Cc1cc([C@H]2[C@@H](c3ccccn3)NC(=S)N2CCC(=O)Nc2cccc3ccccc23)c(C)n1-c1ccc(N(C)C)cc1. The monoisotopic (exact) mass is 588 g/mol. The van der Waals surface area contributed by atoms with E-state index < -0.39 is 0 Å². The third-order valence-electron chi connectivity index (χ3n) is 8.25. The summed E-state index contributed by atoms with van der Waals surface area (Å²) in [6.07, 6.45) is 2.11. The topological polar surface area (TPSA) is 65.4 Å². The minimum Gasteiger partial charge on any atom is -0.378 e. The second-order valence-electron chi connectivity index (χ2n) is 11.2. The number of nitrogens with zero attached hydrogens (tertiary/aromatic N) is 4. The summed E-state index contributed by atoms with van der Waals surface area (Å²) < 4.78 is 2.29. The number of rotatable bonds is 8. The lowest BCUT2D eigenvalue weighted by Gasteiger charge is -2.28. The van der Waals surface area contributed by atoms with Crippen LogP contribution in [0.1, 0.15) is 41.1 Å². The summed E-state index contributed by atoms with van der Waals surface area (Å²) in [7, 11) is 4.09. The van der Waals surface area contributed by atoms with Gasteiger partial charge in [-0.25, -0.2) is 0 Å². The molecule has 1 aliphatic heterocycles. The highest BCUT2D eigenvalue weighted by molar-refractivity contribution is 7.80. The van der Waals surface area contributed by atoms with E-state index in [4.69, 9.17) is 12.2 Å². The van der Waals surface area contributed by atoms with E-state index in [2.05, 4.69) is 86.3 Å². The van der Waals surface area contributed by atoms with Crippen LogP contribution in [0.2, 0.25) is 0 Å². The van der Waals surface area contributed by atoms with Crippen molar-refractivity contribution < 1.29 is 4.79 Å². The van der Waals surface area contributed by atoms with Crippen molar-refractivity contribution in [3.8, 4) is 5.69 Å². The van der Waals surface area contributed by atoms with Crippen molar-refractivity contribution in [2.45, 2.75) is 32.4 Å². The summed E-state index contributed by atoms with van der Waals surface area (Å²) in [5.74, 6) is -0.0503. The fourth-order valence-electron chi connectivity index (χ4n) is 6.14. The Morgan fingerprint density at radius 3 is 2.47 bits per heavy atom. The molecule has 2 aromatic heterocycles. The van der Waals surface area contributed by atoms with Gasteiger partial charge in [-0.15, -0.1) is 0 Å². The molecule has 218 valence electrons. The van der Waals surface area contributed by atoms with Crippen LogP contribution in [-0.2, 0) is 4.79 Å². The van der Waals surface area contributed by atoms with E-state index in [1.807, 2.05) is 68.8 Å². The average molecular weight is 589 g/mol. The molecule has 2 atom stereocenters. The molecule has 0 unspecified atom stereocenters. The Morgan fingerprint density at radius 2 is 1.72 bits per heavy atom. The minimum atomic E-state index is -0.153. The summed E-state index contributed by atoms with van der Waals surface area (Å²) in [5.41, 5.74) is 7.42. The summed E-state index contributed by atoms with van der Waals surface area (Å²) >= 11 is 5.90. The Bertz CT molecular complexity index is 1770. The molecule has 3 heterocycles. The molecule has 43 heavy (non-hydrogen) atoms. The minimum absolute atomic E-state index is 0.0503. The first-order valence-electron chi connectivity index (χ1n) is 14.5. The number of benzene rings is 3. The molecule has 8 heteroatoms. The molecule has 5 aromatic rings. The first-order valence-corrected chi connectivity index (χ1v) is 14.9. The van der Waals surface area contributed by atoms with Crippen molar-refractivity contribution in [2.75, 3.05) is 30.9 Å². The highest BCUT2D eigenvalue weighted by Crippen LogP contribution is 2.41. The van der Waals surface area contributed by atoms with Crippen molar-refractivity contribution in [1.82, 2.24) is 19.8 Å². The molecule has 1 amide bonds. The summed E-state index contributed by atoms with van der Waals surface area (Å²) in [4.78, 5) is 22.2. The standard InChI is InChI=1S/C35H36N6OS/c1-23-22-29(24(2)41(23)27-17-15-26(16-18-27)39(3)4)34-33(31-13-7-8-20-36-31)38-35(43)40(34)21-19-32(42)37-30-14-9-11-25-10-5-6-12-28(25)30/h5-18,20,22,33-34H,19,21H2,1-4H3,(H,37,42)(H,38,43)/t33-,34+/m1/s1. The Morgan fingerprint density at radius 1 is 0.977 bits per heavy atom. The second-order valence-corrected chi connectivity index (χ2v) is 11.6. The van der Waals surface area contributed by atoms with Gasteiger partial charge in [0.05, 0.1) is 17.8 Å². The molecule has 0 spiro atoms. The zero-order valence-corrected chi connectivity index (χ0v) is 25.7. The van der Waals surface area contributed by atoms with Crippen LogP contribution in [0.25, 0.3) is 16.5 Å². The molecule has 2 N–H and O–H groups in total. The van der Waals surface area contributed by atoms with Gasteiger partial charge in [-0.1, -0.05) is 42.5 Å². The lowest BCUT2D eigenvalue weighted by atomic mass is 9.96. The number of hydrogen-bond donors (Lipinski definition) is 2. The van der Waals surface area contributed by atoms with Gasteiger partial charge in [0, 0.05) is 67.1 Å². The van der Waals surface area contributed by atoms with Gasteiger partial charge in [0.2, 0.25) is 5.91 Å². The lowest BCUT2D eigenvalue weighted by Crippen LogP contribution is -2.33. The van der Waals surface area contributed by atoms with E-state index in [1.165, 1.54) is 0 Å². The summed E-state index contributed by atoms with van der Waals surface area (Å²) in [6, 6.07) is 30.5. The number of aryl methyl sites for hydroxylation is 1. The van der Waals surface area contributed by atoms with E-state index in [-0.39, 0.29) is 18.0 Å². The van der Waals surface area contributed by atoms with Crippen LogP contribution in [0.4, 0.5) is 11.4 Å². The summed E-state index contributed by atoms with van der Waals surface area (Å²) in [6.45, 7) is 4.76. The van der Waals surface area contributed by atoms with Crippen molar-refractivity contribution in [1.29, 1.82) is 0 Å². The Hall–Kier alpha value is -4.69. The predicted octanol–water partition coefficient (Wildman–Crippen LogP) is 6.71. The van der Waals surface area contributed by atoms with E-state index >= 15 is 0 Å². The number of hydrogen-bond acceptors (Lipinski definition) is 4. The van der Waals surface area contributed by atoms with Gasteiger partial charge >= 0.3 is 0 Å². The molecule has 0 saturated carbocycles. The van der Waals surface area contributed by atoms with Crippen molar-refractivity contribution in [3.63, 3.8) is 0 Å². The van der Waals surface area contributed by atoms with E-state index in [9.17, 15) is 4.79 Å². The largest absolute Gasteiger partial charge is 0.378 e. The van der Waals surface area contributed by atoms with Crippen molar-refractivity contribution in [3.05, 3.63) is 120 Å². The molecule has 1 saturated heterocycles. The molecule has 0 radical (unpaired) electrons. The van der Waals surface area contributed by atoms with E-state index in [0.29, 0.717) is 18.1 Å². The number of nitrogens with one attached hydrogen (secondary N) is 2. The fraction of sp³-hybridized carbons (Fsp3) is 0.229. The first-order chi connectivity index (χ1) is 20.8. The van der Waals surface area contributed by atoms with E-state index in [0.717, 1.165) is 50.5 Å². The Labute approximate surface area is 258 Å². The number of fused-ring (bicyclic) bond motifs is 1. The maximum Gasteiger partial charge on any atom is 0.226 e. The molecule has 7 nitrogen and oxygen atoms in total. The van der Waals surface area contributed by atoms with Crippen LogP contribution >= 0.6 is 12.2 Å². The number of carbonyl (C=O) groups is 1. The van der Waals surface area contributed by atoms with Crippen LogP contribution in [-0.4, -0.2) is 46.1 Å². The van der Waals surface area contributed by atoms with Gasteiger partial charge in [0.15, 0.2) is 5.11 Å². The molecule has 3 aromatic carbocycles. The predicted molar refractivity (Wildman–Crippen MR) is 179 cm³/mol. The average Bonchev–Trinajstić information content (AvgIpc) is 3.50. The van der Waals surface area contributed by atoms with Gasteiger partial charge in [-0.3, -0.25) is 9.78 Å². The van der Waals surface area contributed by atoms with Crippen LogP contribution < -0.4 is 15.5 Å². The zero-order valence-electron chi connectivity index (χ0n) is 24.9. The number of aromatic nitrogens is 2. The van der Waals surface area contributed by atoms with Crippen molar-refractivity contribution in [2.24, 2.45) is 0 Å². The molecule has 0 aliphatic carbocycles. The lowest BCUT2D eigenvalue weighted by molar-refractivity contribution is -0.116. The summed E-state index contributed by atoms with van der Waals surface area (Å²) in [5, 5.41) is 9.40. The first kappa shape index (κ1) is 28.4. The van der Waals surface area contributed by atoms with Crippen LogP contribution in [0.5, 0.6) is 0 Å². The molecular weight excluding hydrogens is 552 g/mol. The normalized spacial score (nSPS) is 16.4. The highest BCUT2D eigenvalue weighted by Gasteiger charge is 2.41. The van der Waals surface area contributed by atoms with Gasteiger partial charge < -0.3 is 25.0 Å². The Kier molecular flexibility index (Phi) is 7.86. The maximum atomic E-state index is 13.3. The highest BCUT2D eigenvalue weighted by atomic mass is 32.1. The molecule has 1 aliphatic rings. The van der Waals surface area contributed by atoms with E-state index in [1.54, 1.807) is 0 Å². The number of pyridine rings is 1. The fourth-order valence-corrected chi connectivity index (χ4v) is 6.47. The molecule has 0 bridgehead atoms. The number of carbonyl (C=O) groups excluding carboxylic acids is 1. The molecule has 6 rings (SSSR count). The van der Waals surface area contributed by atoms with Gasteiger partial charge in [0.25, 0.3) is 0 Å². The number of thiocarbonyl (C=S) groups is 1. The number of amides is 1. The smallest absolute Gasteiger partial charge is 0.226 e. The molecule has 1 fully saturated rings. The van der Waals surface area contributed by atoms with Gasteiger partial charge in [0.1, 0.15) is 0 Å². The van der Waals surface area contributed by atoms with Gasteiger partial charge in [-0.2, -0.15) is 0 Å². The van der Waals surface area contributed by atoms with Gasteiger partial charge in [-0.05, 0) is 85.5 Å². The third kappa shape index (κ3) is 5.58. The maximum absolute atomic E-state index is 13.3. The van der Waals surface area contributed by atoms with Crippen LogP contribution in [0.15, 0.2) is 97.2 Å². The zero-order chi connectivity index (χ0) is 30.1. The molecular formula is C35H36N6OS. The van der Waals surface area contributed by atoms with Crippen LogP contribution in [0.3, 0.4) is 0 Å². The second kappa shape index (κ2) is 11.9. The Balaban J connectivity index is 1.30. The number of anilines is 2. The van der Waals surface area contributed by atoms with Crippen LogP contribution in [0, 0.1) is 13.8 Å².